The average molecular weight is 897 g/mol. The molecule has 1 atom stereocenters. The van der Waals surface area contributed by atoms with Crippen molar-refractivity contribution >= 4 is 35.7 Å². The van der Waals surface area contributed by atoms with Crippen molar-refractivity contribution in [1.82, 2.24) is 34.8 Å². The number of ether oxygens (including phenoxy) is 3. The fraction of sp³-hybridized carbons (Fsp3) is 0.542. The molecule has 17 nitrogen and oxygen atoms in total. The number of nitrogens with one attached hydrogen (secondary N) is 2. The van der Waals surface area contributed by atoms with Crippen LogP contribution in [0.4, 0.5) is 10.5 Å². The van der Waals surface area contributed by atoms with E-state index in [9.17, 15) is 28.8 Å². The van der Waals surface area contributed by atoms with Gasteiger partial charge in [0, 0.05) is 89.3 Å². The van der Waals surface area contributed by atoms with E-state index in [1.165, 1.54) is 7.05 Å². The summed E-state index contributed by atoms with van der Waals surface area (Å²) in [6, 6.07) is 8.04. The third-order valence-corrected chi connectivity index (χ3v) is 13.2. The number of hydrogen-bond acceptors (Lipinski definition) is 12. The topological polar surface area (TPSA) is 175 Å². The zero-order valence-corrected chi connectivity index (χ0v) is 38.7. The number of methoxy groups -OCH3 is 2. The van der Waals surface area contributed by atoms with Gasteiger partial charge in [-0.05, 0) is 107 Å². The SMILES string of the molecule is CNC(=O)C(CCC=O)N1C(=O)c2ccc(N3CCC(OC4CCN(CCCNC(=O)N5CCc6c(-c7cc(OC)c(CN(C)C)c(OC)c7)cn(C)c(=O)c6C5)CC4)CC3)cc2C1=O. The first-order valence-electron chi connectivity index (χ1n) is 22.8. The molecule has 2 aromatic carbocycles. The van der Waals surface area contributed by atoms with E-state index in [1.54, 1.807) is 42.9 Å². The number of fused-ring (bicyclic) bond motifs is 2. The number of anilines is 1. The smallest absolute Gasteiger partial charge is 0.317 e. The molecular formula is C48H64N8O9. The number of carbonyl (C=O) groups excluding carboxylic acids is 5. The van der Waals surface area contributed by atoms with E-state index in [-0.39, 0.29) is 54.3 Å². The lowest BCUT2D eigenvalue weighted by Gasteiger charge is -2.38. The highest BCUT2D eigenvalue weighted by atomic mass is 16.5. The molecule has 1 unspecified atom stereocenters. The van der Waals surface area contributed by atoms with E-state index in [0.29, 0.717) is 49.4 Å². The summed E-state index contributed by atoms with van der Waals surface area (Å²) in [5, 5.41) is 5.60. The largest absolute Gasteiger partial charge is 0.496 e. The van der Waals surface area contributed by atoms with Gasteiger partial charge in [0.1, 0.15) is 23.8 Å². The van der Waals surface area contributed by atoms with Gasteiger partial charge in [0.2, 0.25) is 5.91 Å². The van der Waals surface area contributed by atoms with Gasteiger partial charge in [-0.2, -0.15) is 0 Å². The predicted molar refractivity (Wildman–Crippen MR) is 246 cm³/mol. The van der Waals surface area contributed by atoms with Gasteiger partial charge < -0.3 is 53.8 Å². The van der Waals surface area contributed by atoms with Crippen molar-refractivity contribution in [1.29, 1.82) is 0 Å². The highest BCUT2D eigenvalue weighted by molar-refractivity contribution is 6.23. The summed E-state index contributed by atoms with van der Waals surface area (Å²) in [5.41, 5.74) is 5.64. The van der Waals surface area contributed by atoms with Crippen LogP contribution in [0.3, 0.4) is 0 Å². The lowest BCUT2D eigenvalue weighted by molar-refractivity contribution is -0.124. The summed E-state index contributed by atoms with van der Waals surface area (Å²) < 4.78 is 19.8. The Kier molecular flexibility index (Phi) is 15.3. The molecule has 0 aliphatic carbocycles. The summed E-state index contributed by atoms with van der Waals surface area (Å²) in [6.45, 7) is 6.15. The Morgan fingerprint density at radius 2 is 1.54 bits per heavy atom. The predicted octanol–water partition coefficient (Wildman–Crippen LogP) is 3.43. The van der Waals surface area contributed by atoms with E-state index in [1.807, 2.05) is 38.5 Å². The first-order chi connectivity index (χ1) is 31.3. The van der Waals surface area contributed by atoms with Crippen LogP contribution in [-0.2, 0) is 40.9 Å². The fourth-order valence-corrected chi connectivity index (χ4v) is 9.73. The summed E-state index contributed by atoms with van der Waals surface area (Å²) in [5.74, 6) is -0.0872. The molecule has 0 radical (unpaired) electrons. The Morgan fingerprint density at radius 3 is 2.17 bits per heavy atom. The van der Waals surface area contributed by atoms with Crippen molar-refractivity contribution in [2.75, 3.05) is 86.1 Å². The molecule has 0 spiro atoms. The van der Waals surface area contributed by atoms with Crippen LogP contribution in [0.25, 0.3) is 11.1 Å². The molecule has 0 bridgehead atoms. The van der Waals surface area contributed by atoms with Gasteiger partial charge >= 0.3 is 6.03 Å². The number of urea groups is 1. The van der Waals surface area contributed by atoms with E-state index in [0.717, 1.165) is 97.7 Å². The number of aldehydes is 1. The van der Waals surface area contributed by atoms with Crippen LogP contribution in [0.15, 0.2) is 41.3 Å². The number of piperidine rings is 2. The van der Waals surface area contributed by atoms with Crippen LogP contribution in [0.2, 0.25) is 0 Å². The number of likely N-dealkylation sites (N-methyl/N-ethyl adjacent to an activating group) is 1. The molecule has 2 N–H and O–H groups in total. The molecule has 4 aliphatic rings. The summed E-state index contributed by atoms with van der Waals surface area (Å²) >= 11 is 0. The van der Waals surface area contributed by atoms with Gasteiger partial charge in [0.25, 0.3) is 17.4 Å². The van der Waals surface area contributed by atoms with E-state index in [4.69, 9.17) is 14.2 Å². The zero-order chi connectivity index (χ0) is 46.4. The number of amides is 5. The molecule has 3 aromatic rings. The zero-order valence-electron chi connectivity index (χ0n) is 38.7. The number of rotatable bonds is 17. The number of likely N-dealkylation sites (tertiary alicyclic amines) is 1. The lowest BCUT2D eigenvalue weighted by Crippen LogP contribution is -2.48. The normalized spacial score (nSPS) is 17.6. The second kappa shape index (κ2) is 21.0. The number of carbonyl (C=O) groups is 5. The van der Waals surface area contributed by atoms with E-state index < -0.39 is 23.8 Å². The number of benzene rings is 2. The van der Waals surface area contributed by atoms with E-state index >= 15 is 0 Å². The monoisotopic (exact) mass is 896 g/mol. The van der Waals surface area contributed by atoms with Gasteiger partial charge in [-0.25, -0.2) is 4.79 Å². The summed E-state index contributed by atoms with van der Waals surface area (Å²) in [4.78, 5) is 86.5. The van der Waals surface area contributed by atoms with Gasteiger partial charge in [-0.1, -0.05) is 0 Å². The van der Waals surface area contributed by atoms with Crippen molar-refractivity contribution in [3.63, 3.8) is 0 Å². The molecule has 4 aliphatic heterocycles. The van der Waals surface area contributed by atoms with Gasteiger partial charge in [-0.3, -0.25) is 24.1 Å². The third kappa shape index (κ3) is 10.4. The van der Waals surface area contributed by atoms with Crippen LogP contribution >= 0.6 is 0 Å². The van der Waals surface area contributed by atoms with Crippen LogP contribution in [0, 0.1) is 0 Å². The maximum absolute atomic E-state index is 13.4. The lowest BCUT2D eigenvalue weighted by atomic mass is 9.91. The molecular weight excluding hydrogens is 833 g/mol. The highest BCUT2D eigenvalue weighted by Gasteiger charge is 2.43. The van der Waals surface area contributed by atoms with Gasteiger partial charge in [-0.15, -0.1) is 0 Å². The Morgan fingerprint density at radius 1 is 0.877 bits per heavy atom. The molecule has 350 valence electrons. The average Bonchev–Trinajstić information content (AvgIpc) is 3.56. The maximum Gasteiger partial charge on any atom is 0.317 e. The number of aromatic nitrogens is 1. The van der Waals surface area contributed by atoms with Crippen molar-refractivity contribution in [2.24, 2.45) is 7.05 Å². The Labute approximate surface area is 380 Å². The first kappa shape index (κ1) is 47.2. The second-order valence-electron chi connectivity index (χ2n) is 17.7. The number of nitrogens with zero attached hydrogens (tertiary/aromatic N) is 6. The molecule has 2 saturated heterocycles. The minimum absolute atomic E-state index is 0.0573. The second-order valence-corrected chi connectivity index (χ2v) is 17.7. The standard InChI is InChI=1S/C48H64N8O9/c1-49-44(58)41(9-7-24-57)56-46(60)36-11-10-32(27-37(36)47(56)61)54-21-14-34(15-22-54)65-33-12-19-53(20-13-33)18-8-17-50-48(62)55-23-16-35-38(29-52(4)45(59)39(35)30-55)31-25-42(63-5)40(28-51(2)3)43(26-31)64-6/h10-11,24-27,29,33-34,41H,7-9,12-23,28,30H2,1-6H3,(H,49,58)(H,50,62). The number of pyridine rings is 1. The summed E-state index contributed by atoms with van der Waals surface area (Å²) in [7, 11) is 10.5. The number of imide groups is 1. The van der Waals surface area contributed by atoms with Crippen molar-refractivity contribution in [3.8, 4) is 22.6 Å². The number of hydrogen-bond donors (Lipinski definition) is 2. The highest BCUT2D eigenvalue weighted by Crippen LogP contribution is 2.38. The molecule has 5 amide bonds. The minimum Gasteiger partial charge on any atom is -0.496 e. The minimum atomic E-state index is -1.05. The van der Waals surface area contributed by atoms with Gasteiger partial charge in [0.15, 0.2) is 0 Å². The molecule has 7 rings (SSSR count). The van der Waals surface area contributed by atoms with Crippen molar-refractivity contribution in [3.05, 3.63) is 74.7 Å². The van der Waals surface area contributed by atoms with Crippen LogP contribution in [-0.4, -0.2) is 154 Å². The number of aryl methyl sites for hydroxylation is 1. The van der Waals surface area contributed by atoms with Gasteiger partial charge in [0.05, 0.1) is 49.7 Å². The van der Waals surface area contributed by atoms with Crippen LogP contribution < -0.4 is 30.6 Å². The Bertz CT molecular complexity index is 2290. The molecule has 5 heterocycles. The Balaban J connectivity index is 0.838. The first-order valence-corrected chi connectivity index (χ1v) is 22.8. The molecule has 1 aromatic heterocycles. The van der Waals surface area contributed by atoms with Crippen molar-refractivity contribution < 1.29 is 38.2 Å². The van der Waals surface area contributed by atoms with Crippen LogP contribution in [0.1, 0.15) is 82.4 Å². The molecule has 17 heteroatoms. The Hall–Kier alpha value is -5.78. The quantitative estimate of drug-likeness (QED) is 0.115. The third-order valence-electron chi connectivity index (χ3n) is 13.2. The van der Waals surface area contributed by atoms with Crippen LogP contribution in [0.5, 0.6) is 11.5 Å². The fourth-order valence-electron chi connectivity index (χ4n) is 9.73. The molecule has 2 fully saturated rings. The summed E-state index contributed by atoms with van der Waals surface area (Å²) in [6.07, 6.45) is 7.93. The molecule has 0 saturated carbocycles. The van der Waals surface area contributed by atoms with Crippen molar-refractivity contribution in [2.45, 2.75) is 82.7 Å². The van der Waals surface area contributed by atoms with E-state index in [2.05, 4.69) is 25.3 Å². The maximum atomic E-state index is 13.4. The molecule has 65 heavy (non-hydrogen) atoms.